The van der Waals surface area contributed by atoms with E-state index >= 15 is 0 Å². The molecule has 0 aliphatic heterocycles. The van der Waals surface area contributed by atoms with Crippen LogP contribution in [0.4, 0.5) is 0 Å². The highest BCUT2D eigenvalue weighted by Crippen LogP contribution is 2.53. The van der Waals surface area contributed by atoms with Crippen molar-refractivity contribution < 1.29 is 34.0 Å². The van der Waals surface area contributed by atoms with Crippen LogP contribution in [0.1, 0.15) is 55.8 Å². The predicted octanol–water partition coefficient (Wildman–Crippen LogP) is 3.86. The van der Waals surface area contributed by atoms with Crippen molar-refractivity contribution >= 4 is 5.97 Å². The van der Waals surface area contributed by atoms with Crippen molar-refractivity contribution in [3.63, 3.8) is 0 Å². The standard InChI is InChI=1S/C18H28O7/c1-5-6-7-8-9-10-11-25-15-13(19)12(18(20)21)14(22-2)16(23-3)17(15)24-4/h19H,5-11H2,1-4H3,(H,20,21). The molecule has 0 spiro atoms. The van der Waals surface area contributed by atoms with Crippen LogP contribution in [0.15, 0.2) is 0 Å². The molecule has 0 aromatic heterocycles. The molecular formula is C18H28O7. The summed E-state index contributed by atoms with van der Waals surface area (Å²) >= 11 is 0. The van der Waals surface area contributed by atoms with Crippen molar-refractivity contribution in [3.05, 3.63) is 5.56 Å². The van der Waals surface area contributed by atoms with Crippen molar-refractivity contribution in [1.29, 1.82) is 0 Å². The van der Waals surface area contributed by atoms with Gasteiger partial charge in [-0.25, -0.2) is 4.79 Å². The molecule has 0 heterocycles. The lowest BCUT2D eigenvalue weighted by Gasteiger charge is -2.19. The molecule has 0 amide bonds. The largest absolute Gasteiger partial charge is 0.503 e. The van der Waals surface area contributed by atoms with Crippen LogP contribution in [0.3, 0.4) is 0 Å². The zero-order valence-electron chi connectivity index (χ0n) is 15.4. The monoisotopic (exact) mass is 356 g/mol. The summed E-state index contributed by atoms with van der Waals surface area (Å²) in [5.41, 5.74) is -0.418. The highest BCUT2D eigenvalue weighted by Gasteiger charge is 2.31. The molecule has 1 aromatic rings. The minimum absolute atomic E-state index is 0.0499. The van der Waals surface area contributed by atoms with Gasteiger partial charge in [-0.05, 0) is 6.42 Å². The number of hydrogen-bond acceptors (Lipinski definition) is 6. The van der Waals surface area contributed by atoms with Crippen LogP contribution in [0, 0.1) is 0 Å². The number of rotatable bonds is 12. The second-order valence-electron chi connectivity index (χ2n) is 5.57. The SMILES string of the molecule is CCCCCCCCOc1c(O)c(C(=O)O)c(OC)c(OC)c1OC. The van der Waals surface area contributed by atoms with E-state index in [4.69, 9.17) is 18.9 Å². The summed E-state index contributed by atoms with van der Waals surface area (Å²) in [6, 6.07) is 0. The maximum Gasteiger partial charge on any atom is 0.343 e. The number of carboxylic acids is 1. The lowest BCUT2D eigenvalue weighted by Crippen LogP contribution is -2.08. The lowest BCUT2D eigenvalue weighted by molar-refractivity contribution is 0.0687. The maximum absolute atomic E-state index is 11.5. The molecule has 1 aromatic carbocycles. The van der Waals surface area contributed by atoms with Gasteiger partial charge in [-0.1, -0.05) is 39.0 Å². The normalized spacial score (nSPS) is 10.4. The molecule has 25 heavy (non-hydrogen) atoms. The molecule has 142 valence electrons. The van der Waals surface area contributed by atoms with Gasteiger partial charge in [0.25, 0.3) is 0 Å². The Morgan fingerprint density at radius 3 is 1.88 bits per heavy atom. The number of benzene rings is 1. The molecule has 1 rings (SSSR count). The Morgan fingerprint density at radius 2 is 1.36 bits per heavy atom. The van der Waals surface area contributed by atoms with Gasteiger partial charge in [0.2, 0.25) is 17.2 Å². The van der Waals surface area contributed by atoms with Crippen molar-refractivity contribution in [2.45, 2.75) is 45.4 Å². The third-order valence-electron chi connectivity index (χ3n) is 3.87. The van der Waals surface area contributed by atoms with Crippen molar-refractivity contribution in [2.24, 2.45) is 0 Å². The van der Waals surface area contributed by atoms with E-state index in [1.807, 2.05) is 0 Å². The third kappa shape index (κ3) is 5.08. The van der Waals surface area contributed by atoms with E-state index in [1.54, 1.807) is 0 Å². The second-order valence-corrected chi connectivity index (χ2v) is 5.57. The number of aromatic hydroxyl groups is 1. The van der Waals surface area contributed by atoms with Crippen LogP contribution in [-0.2, 0) is 0 Å². The van der Waals surface area contributed by atoms with Gasteiger partial charge >= 0.3 is 5.97 Å². The first-order chi connectivity index (χ1) is 12.0. The van der Waals surface area contributed by atoms with E-state index in [0.717, 1.165) is 19.3 Å². The number of carbonyl (C=O) groups is 1. The quantitative estimate of drug-likeness (QED) is 0.549. The molecule has 0 aliphatic carbocycles. The highest BCUT2D eigenvalue weighted by atomic mass is 16.6. The van der Waals surface area contributed by atoms with Gasteiger partial charge in [0.15, 0.2) is 17.1 Å². The molecular weight excluding hydrogens is 328 g/mol. The van der Waals surface area contributed by atoms with Crippen molar-refractivity contribution in [2.75, 3.05) is 27.9 Å². The number of aromatic carboxylic acids is 1. The third-order valence-corrected chi connectivity index (χ3v) is 3.87. The highest BCUT2D eigenvalue weighted by molar-refractivity contribution is 5.97. The average Bonchev–Trinajstić information content (AvgIpc) is 2.60. The zero-order valence-corrected chi connectivity index (χ0v) is 15.4. The van der Waals surface area contributed by atoms with Gasteiger partial charge in [-0.2, -0.15) is 0 Å². The van der Waals surface area contributed by atoms with Gasteiger partial charge in [-0.15, -0.1) is 0 Å². The Morgan fingerprint density at radius 1 is 0.840 bits per heavy atom. The van der Waals surface area contributed by atoms with Crippen molar-refractivity contribution in [1.82, 2.24) is 0 Å². The van der Waals surface area contributed by atoms with E-state index in [0.29, 0.717) is 6.61 Å². The fraction of sp³-hybridized carbons (Fsp3) is 0.611. The zero-order chi connectivity index (χ0) is 18.8. The summed E-state index contributed by atoms with van der Waals surface area (Å²) < 4.78 is 21.2. The Hall–Kier alpha value is -2.31. The summed E-state index contributed by atoms with van der Waals surface area (Å²) in [6.45, 7) is 2.50. The lowest BCUT2D eigenvalue weighted by atomic mass is 10.1. The van der Waals surface area contributed by atoms with Crippen LogP contribution in [-0.4, -0.2) is 44.1 Å². The number of ether oxygens (including phenoxy) is 4. The molecule has 0 bridgehead atoms. The van der Waals surface area contributed by atoms with Gasteiger partial charge < -0.3 is 29.2 Å². The van der Waals surface area contributed by atoms with Crippen molar-refractivity contribution in [3.8, 4) is 28.7 Å². The molecule has 0 saturated carbocycles. The van der Waals surface area contributed by atoms with Gasteiger partial charge in [0.1, 0.15) is 0 Å². The minimum Gasteiger partial charge on any atom is -0.503 e. The van der Waals surface area contributed by atoms with Gasteiger partial charge in [-0.3, -0.25) is 0 Å². The van der Waals surface area contributed by atoms with Crippen LogP contribution in [0.5, 0.6) is 28.7 Å². The van der Waals surface area contributed by atoms with Crippen LogP contribution < -0.4 is 18.9 Å². The number of hydrogen-bond donors (Lipinski definition) is 2. The first-order valence-electron chi connectivity index (χ1n) is 8.44. The number of carboxylic acid groups (broad SMARTS) is 1. The van der Waals surface area contributed by atoms with Gasteiger partial charge in [0.05, 0.1) is 27.9 Å². The molecule has 0 fully saturated rings. The first-order valence-corrected chi connectivity index (χ1v) is 8.44. The molecule has 0 radical (unpaired) electrons. The van der Waals surface area contributed by atoms with Crippen LogP contribution in [0.2, 0.25) is 0 Å². The molecule has 0 aliphatic rings. The molecule has 0 atom stereocenters. The number of unbranched alkanes of at least 4 members (excludes halogenated alkanes) is 5. The maximum atomic E-state index is 11.5. The van der Waals surface area contributed by atoms with E-state index < -0.39 is 17.3 Å². The Labute approximate surface area is 148 Å². The fourth-order valence-electron chi connectivity index (χ4n) is 2.60. The summed E-state index contributed by atoms with van der Waals surface area (Å²) in [5.74, 6) is -1.87. The Balaban J connectivity index is 3.01. The number of methoxy groups -OCH3 is 3. The fourth-order valence-corrected chi connectivity index (χ4v) is 2.60. The summed E-state index contributed by atoms with van der Waals surface area (Å²) in [4.78, 5) is 11.5. The van der Waals surface area contributed by atoms with E-state index in [2.05, 4.69) is 6.92 Å². The number of phenols is 1. The molecule has 7 heteroatoms. The Bertz CT molecular complexity index is 569. The average molecular weight is 356 g/mol. The van der Waals surface area contributed by atoms with Crippen LogP contribution >= 0.6 is 0 Å². The van der Waals surface area contributed by atoms with E-state index in [-0.39, 0.29) is 23.0 Å². The predicted molar refractivity (Wildman–Crippen MR) is 93.6 cm³/mol. The van der Waals surface area contributed by atoms with Gasteiger partial charge in [0, 0.05) is 0 Å². The summed E-state index contributed by atoms with van der Waals surface area (Å²) in [7, 11) is 4.04. The molecule has 2 N–H and O–H groups in total. The summed E-state index contributed by atoms with van der Waals surface area (Å²) in [5, 5.41) is 19.7. The Kier molecular flexibility index (Phi) is 8.74. The van der Waals surface area contributed by atoms with E-state index in [9.17, 15) is 15.0 Å². The minimum atomic E-state index is -1.35. The first kappa shape index (κ1) is 20.7. The molecule has 7 nitrogen and oxygen atoms in total. The molecule has 0 saturated heterocycles. The summed E-state index contributed by atoms with van der Waals surface area (Å²) in [6.07, 6.45) is 6.50. The second kappa shape index (κ2) is 10.5. The molecule has 0 unspecified atom stereocenters. The topological polar surface area (TPSA) is 94.5 Å². The smallest absolute Gasteiger partial charge is 0.343 e. The van der Waals surface area contributed by atoms with E-state index in [1.165, 1.54) is 40.6 Å². The van der Waals surface area contributed by atoms with Crippen LogP contribution in [0.25, 0.3) is 0 Å².